The lowest BCUT2D eigenvalue weighted by Gasteiger charge is -2.35. The second-order valence-corrected chi connectivity index (χ2v) is 10.3. The third-order valence-electron chi connectivity index (χ3n) is 7.63. The lowest BCUT2D eigenvalue weighted by Crippen LogP contribution is -2.57. The van der Waals surface area contributed by atoms with Crippen molar-refractivity contribution in [2.45, 2.75) is 88.6 Å². The van der Waals surface area contributed by atoms with Crippen LogP contribution in [-0.4, -0.2) is 78.4 Å². The van der Waals surface area contributed by atoms with Gasteiger partial charge in [0.15, 0.2) is 0 Å². The van der Waals surface area contributed by atoms with Crippen molar-refractivity contribution in [2.24, 2.45) is 0 Å². The SMILES string of the molecule is CN[C@@H](C)C(=O)N[C@H]1CCCC[C@H]2CC[C@@H](C(=O)NCc3cccc(C(=O)N[C@@H]4COC(=O)C4)c3)N2C1=O. The molecule has 38 heavy (non-hydrogen) atoms. The Balaban J connectivity index is 1.37. The Hall–Kier alpha value is -3.47. The predicted octanol–water partition coefficient (Wildman–Crippen LogP) is 0.374. The van der Waals surface area contributed by atoms with Crippen LogP contribution in [0.2, 0.25) is 0 Å². The first kappa shape index (κ1) is 27.6. The molecule has 0 aromatic heterocycles. The fraction of sp³-hybridized carbons (Fsp3) is 0.593. The van der Waals surface area contributed by atoms with Crippen LogP contribution in [-0.2, 0) is 30.5 Å². The van der Waals surface area contributed by atoms with Crippen LogP contribution < -0.4 is 21.3 Å². The number of carbonyl (C=O) groups excluding carboxylic acids is 5. The molecule has 3 heterocycles. The maximum atomic E-state index is 13.5. The third kappa shape index (κ3) is 6.50. The Kier molecular flexibility index (Phi) is 8.98. The molecule has 0 radical (unpaired) electrons. The summed E-state index contributed by atoms with van der Waals surface area (Å²) in [7, 11) is 1.69. The molecule has 4 amide bonds. The molecule has 3 saturated heterocycles. The monoisotopic (exact) mass is 527 g/mol. The number of nitrogens with one attached hydrogen (secondary N) is 4. The van der Waals surface area contributed by atoms with Crippen molar-refractivity contribution in [3.63, 3.8) is 0 Å². The number of esters is 1. The van der Waals surface area contributed by atoms with Gasteiger partial charge in [-0.3, -0.25) is 24.0 Å². The first-order valence-electron chi connectivity index (χ1n) is 13.4. The lowest BCUT2D eigenvalue weighted by molar-refractivity contribution is -0.144. The molecule has 1 aromatic carbocycles. The normalized spacial score (nSPS) is 26.0. The van der Waals surface area contributed by atoms with E-state index >= 15 is 0 Å². The number of carbonyl (C=O) groups is 5. The van der Waals surface area contributed by atoms with Crippen LogP contribution in [0.15, 0.2) is 24.3 Å². The lowest BCUT2D eigenvalue weighted by atomic mass is 9.98. The van der Waals surface area contributed by atoms with Crippen LogP contribution in [0.3, 0.4) is 0 Å². The van der Waals surface area contributed by atoms with E-state index in [0.717, 1.165) is 31.2 Å². The van der Waals surface area contributed by atoms with Gasteiger partial charge in [-0.05, 0) is 57.4 Å². The second-order valence-electron chi connectivity index (χ2n) is 10.3. The molecule has 3 aliphatic rings. The second kappa shape index (κ2) is 12.4. The maximum absolute atomic E-state index is 13.5. The largest absolute Gasteiger partial charge is 0.463 e. The Morgan fingerprint density at radius 1 is 1.08 bits per heavy atom. The average molecular weight is 528 g/mol. The van der Waals surface area contributed by atoms with Crippen LogP contribution in [0.4, 0.5) is 0 Å². The van der Waals surface area contributed by atoms with E-state index in [1.165, 1.54) is 0 Å². The number of benzene rings is 1. The van der Waals surface area contributed by atoms with Gasteiger partial charge in [0, 0.05) is 18.2 Å². The van der Waals surface area contributed by atoms with E-state index in [0.29, 0.717) is 18.4 Å². The van der Waals surface area contributed by atoms with Crippen molar-refractivity contribution in [3.8, 4) is 0 Å². The predicted molar refractivity (Wildman–Crippen MR) is 138 cm³/mol. The minimum atomic E-state index is -0.648. The van der Waals surface area contributed by atoms with Gasteiger partial charge < -0.3 is 30.9 Å². The zero-order valence-corrected chi connectivity index (χ0v) is 22.0. The highest BCUT2D eigenvalue weighted by atomic mass is 16.5. The fourth-order valence-electron chi connectivity index (χ4n) is 5.35. The summed E-state index contributed by atoms with van der Waals surface area (Å²) in [5.74, 6) is -1.32. The van der Waals surface area contributed by atoms with E-state index in [-0.39, 0.29) is 61.3 Å². The van der Waals surface area contributed by atoms with Crippen LogP contribution in [0.5, 0.6) is 0 Å². The minimum Gasteiger partial charge on any atom is -0.463 e. The molecule has 4 rings (SSSR count). The fourth-order valence-corrected chi connectivity index (χ4v) is 5.35. The summed E-state index contributed by atoms with van der Waals surface area (Å²) < 4.78 is 4.89. The van der Waals surface area contributed by atoms with Gasteiger partial charge in [-0.25, -0.2) is 0 Å². The highest BCUT2D eigenvalue weighted by Gasteiger charge is 2.43. The topological polar surface area (TPSA) is 146 Å². The van der Waals surface area contributed by atoms with Crippen LogP contribution >= 0.6 is 0 Å². The first-order chi connectivity index (χ1) is 18.3. The number of hydrogen-bond donors (Lipinski definition) is 4. The van der Waals surface area contributed by atoms with Crippen LogP contribution in [0.25, 0.3) is 0 Å². The van der Waals surface area contributed by atoms with Crippen molar-refractivity contribution in [1.29, 1.82) is 0 Å². The minimum absolute atomic E-state index is 0.0156. The molecule has 11 heteroatoms. The third-order valence-corrected chi connectivity index (χ3v) is 7.63. The summed E-state index contributed by atoms with van der Waals surface area (Å²) in [6, 6.07) is 4.88. The summed E-state index contributed by atoms with van der Waals surface area (Å²) in [6.07, 6.45) is 4.65. The summed E-state index contributed by atoms with van der Waals surface area (Å²) in [4.78, 5) is 64.8. The molecule has 1 aromatic rings. The van der Waals surface area contributed by atoms with E-state index in [1.807, 2.05) is 6.07 Å². The van der Waals surface area contributed by atoms with Gasteiger partial charge in [0.1, 0.15) is 18.7 Å². The Bertz CT molecular complexity index is 1080. The summed E-state index contributed by atoms with van der Waals surface area (Å²) in [5, 5.41) is 11.5. The standard InChI is InChI=1S/C27H37N5O6/c1-16(28-2)24(34)31-21-9-4-3-8-20-10-11-22(32(20)27(21)37)26(36)29-14-17-6-5-7-18(12-17)25(35)30-19-13-23(33)38-15-19/h5-7,12,16,19-22,28H,3-4,8-11,13-15H2,1-2H3,(H,29,36)(H,30,35)(H,31,34)/t16-,19-,20-,21-,22-/m0/s1. The molecule has 0 saturated carbocycles. The number of likely N-dealkylation sites (N-methyl/N-ethyl adjacent to an activating group) is 1. The summed E-state index contributed by atoms with van der Waals surface area (Å²) in [6.45, 7) is 2.10. The van der Waals surface area contributed by atoms with Gasteiger partial charge >= 0.3 is 5.97 Å². The quantitative estimate of drug-likeness (QED) is 0.358. The zero-order valence-electron chi connectivity index (χ0n) is 22.0. The van der Waals surface area contributed by atoms with Crippen molar-refractivity contribution >= 4 is 29.6 Å². The van der Waals surface area contributed by atoms with Crippen molar-refractivity contribution in [2.75, 3.05) is 13.7 Å². The van der Waals surface area contributed by atoms with Gasteiger partial charge in [-0.2, -0.15) is 0 Å². The van der Waals surface area contributed by atoms with Crippen molar-refractivity contribution in [1.82, 2.24) is 26.2 Å². The molecular weight excluding hydrogens is 490 g/mol. The van der Waals surface area contributed by atoms with Crippen molar-refractivity contribution < 1.29 is 28.7 Å². The number of nitrogens with zero attached hydrogens (tertiary/aromatic N) is 1. The number of ether oxygens (including phenoxy) is 1. The molecule has 0 spiro atoms. The number of fused-ring (bicyclic) bond motifs is 1. The zero-order chi connectivity index (χ0) is 27.2. The molecule has 4 N–H and O–H groups in total. The van der Waals surface area contributed by atoms with E-state index < -0.39 is 18.1 Å². The van der Waals surface area contributed by atoms with E-state index in [9.17, 15) is 24.0 Å². The van der Waals surface area contributed by atoms with Crippen LogP contribution in [0, 0.1) is 0 Å². The molecule has 3 fully saturated rings. The number of cyclic esters (lactones) is 1. The number of amides is 4. The van der Waals surface area contributed by atoms with Gasteiger partial charge in [-0.1, -0.05) is 25.0 Å². The van der Waals surface area contributed by atoms with Gasteiger partial charge in [0.25, 0.3) is 5.91 Å². The molecule has 11 nitrogen and oxygen atoms in total. The van der Waals surface area contributed by atoms with E-state index in [2.05, 4.69) is 21.3 Å². The molecule has 0 bridgehead atoms. The Labute approximate surface area is 222 Å². The highest BCUT2D eigenvalue weighted by molar-refractivity contribution is 5.95. The molecule has 3 aliphatic heterocycles. The highest BCUT2D eigenvalue weighted by Crippen LogP contribution is 2.31. The molecule has 5 atom stereocenters. The summed E-state index contributed by atoms with van der Waals surface area (Å²) >= 11 is 0. The Morgan fingerprint density at radius 2 is 1.87 bits per heavy atom. The molecule has 0 aliphatic carbocycles. The number of rotatable bonds is 8. The number of hydrogen-bond acceptors (Lipinski definition) is 7. The van der Waals surface area contributed by atoms with Gasteiger partial charge in [-0.15, -0.1) is 0 Å². The van der Waals surface area contributed by atoms with Crippen molar-refractivity contribution in [3.05, 3.63) is 35.4 Å². The first-order valence-corrected chi connectivity index (χ1v) is 13.4. The average Bonchev–Trinajstić information content (AvgIpc) is 3.52. The van der Waals surface area contributed by atoms with Gasteiger partial charge in [0.05, 0.1) is 18.5 Å². The smallest absolute Gasteiger partial charge is 0.308 e. The van der Waals surface area contributed by atoms with Crippen LogP contribution in [0.1, 0.15) is 67.8 Å². The van der Waals surface area contributed by atoms with Gasteiger partial charge in [0.2, 0.25) is 17.7 Å². The maximum Gasteiger partial charge on any atom is 0.308 e. The summed E-state index contributed by atoms with van der Waals surface area (Å²) in [5.41, 5.74) is 1.16. The molecule has 206 valence electrons. The van der Waals surface area contributed by atoms with E-state index in [4.69, 9.17) is 4.74 Å². The molecular formula is C27H37N5O6. The van der Waals surface area contributed by atoms with E-state index in [1.54, 1.807) is 37.1 Å². The molecule has 0 unspecified atom stereocenters. The Morgan fingerprint density at radius 3 is 2.61 bits per heavy atom.